The van der Waals surface area contributed by atoms with Crippen molar-refractivity contribution in [1.29, 1.82) is 0 Å². The second-order valence-electron chi connectivity index (χ2n) is 6.96. The van der Waals surface area contributed by atoms with E-state index in [1.807, 2.05) is 13.8 Å². The Hall–Kier alpha value is -2.45. The first-order valence-electron chi connectivity index (χ1n) is 9.25. The SMILES string of the molecule is CC(C)COC(=O)CC1C(=O)NCCN1C(=S)NC(=O)/C=C/c1ccc(Cl)cc1. The van der Waals surface area contributed by atoms with Crippen molar-refractivity contribution in [2.75, 3.05) is 19.7 Å². The molecule has 0 aliphatic carbocycles. The maximum Gasteiger partial charge on any atom is 0.308 e. The maximum absolute atomic E-state index is 12.2. The molecule has 0 aromatic heterocycles. The number of esters is 1. The number of nitrogens with zero attached hydrogens (tertiary/aromatic N) is 1. The molecule has 1 aromatic rings. The van der Waals surface area contributed by atoms with E-state index in [4.69, 9.17) is 28.6 Å². The van der Waals surface area contributed by atoms with E-state index in [2.05, 4.69) is 10.6 Å². The number of carbonyl (C=O) groups is 3. The zero-order valence-electron chi connectivity index (χ0n) is 16.3. The van der Waals surface area contributed by atoms with Crippen LogP contribution >= 0.6 is 23.8 Å². The summed E-state index contributed by atoms with van der Waals surface area (Å²) in [5.41, 5.74) is 0.804. The quantitative estimate of drug-likeness (QED) is 0.403. The van der Waals surface area contributed by atoms with Gasteiger partial charge in [-0.1, -0.05) is 37.6 Å². The molecule has 1 atom stereocenters. The smallest absolute Gasteiger partial charge is 0.308 e. The Balaban J connectivity index is 1.96. The Kier molecular flexibility index (Phi) is 8.60. The lowest BCUT2D eigenvalue weighted by Crippen LogP contribution is -2.60. The Morgan fingerprint density at radius 2 is 2.07 bits per heavy atom. The molecular formula is C20H24ClN3O4S. The lowest BCUT2D eigenvalue weighted by molar-refractivity contribution is -0.148. The van der Waals surface area contributed by atoms with Crippen LogP contribution in [0.15, 0.2) is 30.3 Å². The van der Waals surface area contributed by atoms with Gasteiger partial charge in [0.1, 0.15) is 6.04 Å². The fourth-order valence-electron chi connectivity index (χ4n) is 2.60. The minimum absolute atomic E-state index is 0.0901. The van der Waals surface area contributed by atoms with Crippen LogP contribution in [-0.2, 0) is 19.1 Å². The summed E-state index contributed by atoms with van der Waals surface area (Å²) in [5.74, 6) is -1.05. The van der Waals surface area contributed by atoms with E-state index in [1.54, 1.807) is 35.2 Å². The van der Waals surface area contributed by atoms with Crippen molar-refractivity contribution in [3.8, 4) is 0 Å². The minimum atomic E-state index is -0.823. The zero-order valence-corrected chi connectivity index (χ0v) is 17.9. The van der Waals surface area contributed by atoms with Gasteiger partial charge in [0, 0.05) is 24.2 Å². The zero-order chi connectivity index (χ0) is 21.4. The van der Waals surface area contributed by atoms with Crippen LogP contribution in [0.2, 0.25) is 5.02 Å². The van der Waals surface area contributed by atoms with Crippen LogP contribution in [0.3, 0.4) is 0 Å². The van der Waals surface area contributed by atoms with Crippen molar-refractivity contribution in [2.24, 2.45) is 5.92 Å². The van der Waals surface area contributed by atoms with Crippen molar-refractivity contribution in [2.45, 2.75) is 26.3 Å². The standard InChI is InChI=1S/C20H24ClN3O4S/c1-13(2)12-28-18(26)11-16-19(27)22-9-10-24(16)20(29)23-17(25)8-5-14-3-6-15(21)7-4-14/h3-8,13,16H,9-12H2,1-2H3,(H,22,27)(H,23,25,29)/b8-5+. The number of halogens is 1. The summed E-state index contributed by atoms with van der Waals surface area (Å²) in [5, 5.41) is 5.98. The summed E-state index contributed by atoms with van der Waals surface area (Å²) in [6.07, 6.45) is 2.82. The third-order valence-electron chi connectivity index (χ3n) is 4.06. The molecule has 9 heteroatoms. The van der Waals surface area contributed by atoms with Gasteiger partial charge in [0.25, 0.3) is 0 Å². The van der Waals surface area contributed by atoms with Gasteiger partial charge in [-0.05, 0) is 41.9 Å². The number of piperazine rings is 1. The lowest BCUT2D eigenvalue weighted by atomic mass is 10.1. The molecule has 2 amide bonds. The molecule has 1 aliphatic rings. The molecule has 1 saturated heterocycles. The van der Waals surface area contributed by atoms with Crippen LogP contribution in [-0.4, -0.2) is 53.5 Å². The maximum atomic E-state index is 12.2. The summed E-state index contributed by atoms with van der Waals surface area (Å²) in [4.78, 5) is 38.0. The van der Waals surface area contributed by atoms with Crippen LogP contribution in [0.25, 0.3) is 6.08 Å². The summed E-state index contributed by atoms with van der Waals surface area (Å²) < 4.78 is 5.16. The molecule has 29 heavy (non-hydrogen) atoms. The molecule has 2 rings (SSSR count). The predicted octanol–water partition coefficient (Wildman–Crippen LogP) is 2.14. The first-order chi connectivity index (χ1) is 13.8. The Morgan fingerprint density at radius 1 is 1.38 bits per heavy atom. The topological polar surface area (TPSA) is 87.7 Å². The van der Waals surface area contributed by atoms with E-state index in [9.17, 15) is 14.4 Å². The number of rotatable bonds is 6. The highest BCUT2D eigenvalue weighted by molar-refractivity contribution is 7.80. The van der Waals surface area contributed by atoms with Crippen LogP contribution in [0.1, 0.15) is 25.8 Å². The number of hydrogen-bond donors (Lipinski definition) is 2. The van der Waals surface area contributed by atoms with Crippen molar-refractivity contribution in [3.05, 3.63) is 40.9 Å². The van der Waals surface area contributed by atoms with Gasteiger partial charge in [-0.15, -0.1) is 0 Å². The predicted molar refractivity (Wildman–Crippen MR) is 115 cm³/mol. The molecule has 1 aromatic carbocycles. The minimum Gasteiger partial charge on any atom is -0.465 e. The fourth-order valence-corrected chi connectivity index (χ4v) is 3.05. The van der Waals surface area contributed by atoms with Crippen molar-refractivity contribution in [3.63, 3.8) is 0 Å². The van der Waals surface area contributed by atoms with Crippen LogP contribution < -0.4 is 10.6 Å². The molecule has 0 spiro atoms. The van der Waals surface area contributed by atoms with E-state index >= 15 is 0 Å². The van der Waals surface area contributed by atoms with Crippen molar-refractivity contribution >= 4 is 52.8 Å². The molecule has 1 unspecified atom stereocenters. The van der Waals surface area contributed by atoms with Gasteiger partial charge < -0.3 is 15.0 Å². The molecular weight excluding hydrogens is 414 g/mol. The lowest BCUT2D eigenvalue weighted by Gasteiger charge is -2.36. The summed E-state index contributed by atoms with van der Waals surface area (Å²) >= 11 is 11.1. The number of nitrogens with one attached hydrogen (secondary N) is 2. The third kappa shape index (κ3) is 7.47. The molecule has 0 radical (unpaired) electrons. The Bertz CT molecular complexity index is 795. The van der Waals surface area contributed by atoms with Crippen LogP contribution in [0.5, 0.6) is 0 Å². The number of carbonyl (C=O) groups excluding carboxylic acids is 3. The largest absolute Gasteiger partial charge is 0.465 e. The first-order valence-corrected chi connectivity index (χ1v) is 10.0. The number of ether oxygens (including phenoxy) is 1. The Morgan fingerprint density at radius 3 is 2.72 bits per heavy atom. The molecule has 7 nitrogen and oxygen atoms in total. The molecule has 1 aliphatic heterocycles. The first kappa shape index (κ1) is 22.8. The van der Waals surface area contributed by atoms with E-state index in [0.717, 1.165) is 5.56 Å². The molecule has 156 valence electrons. The summed E-state index contributed by atoms with van der Waals surface area (Å²) in [6, 6.07) is 6.17. The highest BCUT2D eigenvalue weighted by Gasteiger charge is 2.34. The Labute approximate surface area is 180 Å². The van der Waals surface area contributed by atoms with E-state index in [-0.39, 0.29) is 30.0 Å². The van der Waals surface area contributed by atoms with Gasteiger partial charge in [0.2, 0.25) is 11.8 Å². The molecule has 0 bridgehead atoms. The van der Waals surface area contributed by atoms with Gasteiger partial charge in [-0.2, -0.15) is 0 Å². The molecule has 0 saturated carbocycles. The van der Waals surface area contributed by atoms with Crippen LogP contribution in [0.4, 0.5) is 0 Å². The van der Waals surface area contributed by atoms with Gasteiger partial charge >= 0.3 is 5.97 Å². The van der Waals surface area contributed by atoms with Crippen molar-refractivity contribution < 1.29 is 19.1 Å². The van der Waals surface area contributed by atoms with Crippen molar-refractivity contribution in [1.82, 2.24) is 15.5 Å². The normalized spacial score (nSPS) is 16.6. The van der Waals surface area contributed by atoms with Gasteiger partial charge in [0.05, 0.1) is 13.0 Å². The third-order valence-corrected chi connectivity index (χ3v) is 4.65. The monoisotopic (exact) mass is 437 g/mol. The molecule has 1 fully saturated rings. The summed E-state index contributed by atoms with van der Waals surface area (Å²) in [6.45, 7) is 4.88. The average molecular weight is 438 g/mol. The van der Waals surface area contributed by atoms with E-state index in [0.29, 0.717) is 18.1 Å². The molecule has 1 heterocycles. The molecule has 2 N–H and O–H groups in total. The number of amides is 2. The second-order valence-corrected chi connectivity index (χ2v) is 7.78. The summed E-state index contributed by atoms with van der Waals surface area (Å²) in [7, 11) is 0. The second kappa shape index (κ2) is 10.9. The van der Waals surface area contributed by atoms with E-state index in [1.165, 1.54) is 6.08 Å². The fraction of sp³-hybridized carbons (Fsp3) is 0.400. The van der Waals surface area contributed by atoms with Gasteiger partial charge in [-0.3, -0.25) is 19.7 Å². The number of benzene rings is 1. The number of thiocarbonyl (C=S) groups is 1. The highest BCUT2D eigenvalue weighted by Crippen LogP contribution is 2.12. The number of hydrogen-bond acceptors (Lipinski definition) is 5. The average Bonchev–Trinajstić information content (AvgIpc) is 2.67. The van der Waals surface area contributed by atoms with Gasteiger partial charge in [0.15, 0.2) is 5.11 Å². The van der Waals surface area contributed by atoms with Gasteiger partial charge in [-0.25, -0.2) is 0 Å². The van der Waals surface area contributed by atoms with Crippen LogP contribution in [0, 0.1) is 5.92 Å². The highest BCUT2D eigenvalue weighted by atomic mass is 35.5. The van der Waals surface area contributed by atoms with E-state index < -0.39 is 17.9 Å².